The van der Waals surface area contributed by atoms with E-state index in [1.807, 2.05) is 48.5 Å². The molecule has 0 saturated heterocycles. The Labute approximate surface area is 626 Å². The molecule has 0 unspecified atom stereocenters. The van der Waals surface area contributed by atoms with Gasteiger partial charge in [-0.2, -0.15) is 0 Å². The van der Waals surface area contributed by atoms with Crippen LogP contribution in [0.15, 0.2) is 315 Å². The van der Waals surface area contributed by atoms with E-state index in [9.17, 15) is 0 Å². The Kier molecular flexibility index (Phi) is 29.6. The minimum Gasteiger partial charge on any atom is -0.366 e. The number of hydrogen-bond donors (Lipinski definition) is 0. The van der Waals surface area contributed by atoms with E-state index in [1.54, 1.807) is 0 Å². The molecule has 0 nitrogen and oxygen atoms in total. The van der Waals surface area contributed by atoms with E-state index in [2.05, 4.69) is 304 Å². The molecule has 0 aromatic heterocycles. The Morgan fingerprint density at radius 1 is 0.266 bits per heavy atom. The summed E-state index contributed by atoms with van der Waals surface area (Å²) in [5.41, 5.74) is 12.8. The molecule has 12 aromatic carbocycles. The molecular formula is C86H68Au4P4+4. The zero-order valence-corrected chi connectivity index (χ0v) is 64.5. The molecule has 0 N–H and O–H groups in total. The van der Waals surface area contributed by atoms with Crippen LogP contribution in [0.25, 0.3) is 22.3 Å². The fraction of sp³-hybridized carbons (Fsp3) is 0.0698. The molecule has 472 valence electrons. The zero-order chi connectivity index (χ0) is 62.1. The Bertz CT molecular complexity index is 3920. The predicted octanol–water partition coefficient (Wildman–Crippen LogP) is 16.3. The summed E-state index contributed by atoms with van der Waals surface area (Å²) < 4.78 is 0. The molecule has 94 heavy (non-hydrogen) atoms. The number of rotatable bonds is 12. The van der Waals surface area contributed by atoms with E-state index >= 15 is 0 Å². The number of hydrogen-bond acceptors (Lipinski definition) is 0. The standard InChI is InChI=1S/2C25H22P2.C19H12.C17H8.4Au/c2*1-5-13-22(14-6-1)26(23-15-7-2-8-16-23)21-27(24-17-9-3-10-18-24)25-19-11-4-12-20-25;1-5-13-7-9-17-15(11-13)16-12-14(6-2)8-10-18(16)19(17,3)4;1-3-12-5-7-14-11-15-8-6-13(4-2)10-17(15)16(14)9-12;;;;/h2*1-20H,21H2;7-12H,3-4H3;5-10H,11H2;;;;/q;;2*-2;4*+1/p+4. The Morgan fingerprint density at radius 3 is 0.660 bits per heavy atom. The smallest absolute Gasteiger partial charge is 0.366 e. The summed E-state index contributed by atoms with van der Waals surface area (Å²) in [5, 5.41) is 12.0. The van der Waals surface area contributed by atoms with E-state index in [-0.39, 0.29) is 94.9 Å². The molecule has 0 spiro atoms. The van der Waals surface area contributed by atoms with Crippen molar-refractivity contribution in [2.24, 2.45) is 0 Å². The Morgan fingerprint density at radius 2 is 0.457 bits per heavy atom. The number of benzene rings is 12. The van der Waals surface area contributed by atoms with E-state index < -0.39 is 31.7 Å². The van der Waals surface area contributed by atoms with Gasteiger partial charge in [0.1, 0.15) is 74.1 Å². The maximum Gasteiger partial charge on any atom is 1.00 e. The second-order valence-electron chi connectivity index (χ2n) is 22.8. The van der Waals surface area contributed by atoms with Crippen LogP contribution in [0.5, 0.6) is 0 Å². The first kappa shape index (κ1) is 74.9. The molecule has 0 radical (unpaired) electrons. The van der Waals surface area contributed by atoms with Crippen molar-refractivity contribution in [1.29, 1.82) is 0 Å². The molecule has 8 heteroatoms. The molecule has 2 aliphatic carbocycles. The van der Waals surface area contributed by atoms with Crippen molar-refractivity contribution in [3.8, 4) is 45.9 Å². The molecule has 2 aliphatic rings. The maximum atomic E-state index is 7.28. The third kappa shape index (κ3) is 18.6. The maximum absolute atomic E-state index is 7.28. The van der Waals surface area contributed by atoms with Crippen LogP contribution in [0.2, 0.25) is 0 Å². The van der Waals surface area contributed by atoms with Crippen molar-refractivity contribution in [1.82, 2.24) is 0 Å². The van der Waals surface area contributed by atoms with Crippen molar-refractivity contribution in [2.45, 2.75) is 25.7 Å². The van der Waals surface area contributed by atoms with Gasteiger partial charge in [-0.1, -0.05) is 184 Å². The van der Waals surface area contributed by atoms with Crippen molar-refractivity contribution in [3.63, 3.8) is 0 Å². The number of fused-ring (bicyclic) bond motifs is 6. The minimum absolute atomic E-state index is 0. The van der Waals surface area contributed by atoms with Crippen LogP contribution in [0, 0.1) is 49.4 Å². The summed E-state index contributed by atoms with van der Waals surface area (Å²) in [6.45, 7) is 4.42. The molecule has 14 rings (SSSR count). The van der Waals surface area contributed by atoms with Gasteiger partial charge in [0.15, 0.2) is 11.8 Å². The fourth-order valence-corrected chi connectivity index (χ4v) is 27.7. The summed E-state index contributed by atoms with van der Waals surface area (Å²) in [5.74, 6) is 12.2. The van der Waals surface area contributed by atoms with Crippen LogP contribution in [0.4, 0.5) is 0 Å². The third-order valence-electron chi connectivity index (χ3n) is 16.8. The van der Waals surface area contributed by atoms with Gasteiger partial charge in [-0.25, -0.2) is 0 Å². The topological polar surface area (TPSA) is 0 Å². The van der Waals surface area contributed by atoms with Crippen molar-refractivity contribution in [2.75, 3.05) is 11.8 Å². The monoisotopic (exact) mass is 2010 g/mol. The van der Waals surface area contributed by atoms with Crippen LogP contribution >= 0.6 is 31.7 Å². The van der Waals surface area contributed by atoms with Crippen LogP contribution < -0.4 is 42.4 Å². The third-order valence-corrected chi connectivity index (χ3v) is 30.7. The SMILES string of the molecule is [Au+].[Au+].[Au+].[Au+].[C-]#Cc1ccc2c(c1)-c1cc(C#[C-])ccc1C2.[C-]#Cc1ccc2c(c1)-c1cc(C#[C-])ccc1C2(C)C.c1ccc([PH+](C[PH+](c2ccccc2)c2ccccc2)c2ccccc2)cc1.c1ccc([PH+](C[PH+](c2ccccc2)c2ccccc2)c2ccccc2)cc1. The summed E-state index contributed by atoms with van der Waals surface area (Å²) >= 11 is 0. The zero-order valence-electron chi connectivity index (χ0n) is 51.8. The molecule has 0 fully saturated rings. The van der Waals surface area contributed by atoms with E-state index in [0.29, 0.717) is 0 Å². The summed E-state index contributed by atoms with van der Waals surface area (Å²) in [4.78, 5) is 0. The van der Waals surface area contributed by atoms with Gasteiger partial charge in [-0.15, -0.1) is 70.8 Å². The van der Waals surface area contributed by atoms with Gasteiger partial charge < -0.3 is 25.7 Å². The minimum atomic E-state index is -0.847. The molecule has 0 heterocycles. The van der Waals surface area contributed by atoms with Crippen molar-refractivity contribution < 1.29 is 89.5 Å². The van der Waals surface area contributed by atoms with Gasteiger partial charge in [-0.3, -0.25) is 23.7 Å². The molecule has 0 amide bonds. The molecule has 12 aromatic rings. The van der Waals surface area contributed by atoms with Gasteiger partial charge in [0.2, 0.25) is 0 Å². The van der Waals surface area contributed by atoms with Gasteiger partial charge >= 0.3 is 89.5 Å². The molecule has 0 saturated carbocycles. The molecular weight excluding hydrogens is 1940 g/mol. The molecule has 0 atom stereocenters. The van der Waals surface area contributed by atoms with Crippen LogP contribution in [-0.2, 0) is 101 Å². The fourth-order valence-electron chi connectivity index (χ4n) is 12.2. The molecule has 0 aliphatic heterocycles. The van der Waals surface area contributed by atoms with Crippen LogP contribution in [0.3, 0.4) is 0 Å². The normalized spacial score (nSPS) is 11.2. The summed E-state index contributed by atoms with van der Waals surface area (Å²) in [6, 6.07) is 113. The summed E-state index contributed by atoms with van der Waals surface area (Å²) in [7, 11) is -3.39. The average molecular weight is 2010 g/mol. The summed E-state index contributed by atoms with van der Waals surface area (Å²) in [6.07, 6.45) is 29.8. The quantitative estimate of drug-likeness (QED) is 0.0495. The van der Waals surface area contributed by atoms with Gasteiger partial charge in [0.25, 0.3) is 0 Å². The van der Waals surface area contributed by atoms with Crippen LogP contribution in [0.1, 0.15) is 58.4 Å². The van der Waals surface area contributed by atoms with Crippen molar-refractivity contribution >= 4 is 74.1 Å². The van der Waals surface area contributed by atoms with E-state index in [1.165, 1.54) is 76.5 Å². The molecule has 0 bridgehead atoms. The first-order valence-electron chi connectivity index (χ1n) is 30.4. The van der Waals surface area contributed by atoms with Gasteiger partial charge in [0.05, 0.1) is 0 Å². The van der Waals surface area contributed by atoms with Crippen LogP contribution in [-0.4, -0.2) is 11.8 Å². The van der Waals surface area contributed by atoms with E-state index in [4.69, 9.17) is 25.7 Å². The second-order valence-corrected chi connectivity index (χ2v) is 34.0. The average Bonchev–Trinajstić information content (AvgIpc) is 1.58. The van der Waals surface area contributed by atoms with Gasteiger partial charge in [-0.05, 0) is 148 Å². The first-order chi connectivity index (χ1) is 44.2. The Balaban J connectivity index is 0.000000178. The predicted molar refractivity (Wildman–Crippen MR) is 395 cm³/mol. The second kappa shape index (κ2) is 37.2. The van der Waals surface area contributed by atoms with Crippen molar-refractivity contribution in [3.05, 3.63) is 386 Å². The van der Waals surface area contributed by atoms with Gasteiger partial charge in [0, 0.05) is 5.41 Å². The first-order valence-corrected chi connectivity index (χ1v) is 37.2. The largest absolute Gasteiger partial charge is 1.00 e. The Hall–Kier alpha value is -6.44. The van der Waals surface area contributed by atoms with E-state index in [0.717, 1.165) is 50.9 Å².